The number of non-ortho nitro benzene ring substituents is 1. The number of nitro benzene ring substituents is 1. The van der Waals surface area contributed by atoms with Crippen molar-refractivity contribution in [3.63, 3.8) is 0 Å². The monoisotopic (exact) mass is 345 g/mol. The Kier molecular flexibility index (Phi) is 3.14. The number of carbonyl (C=O) groups excluding carboxylic acids is 2. The molecule has 0 bridgehead atoms. The van der Waals surface area contributed by atoms with E-state index in [-0.39, 0.29) is 23.0 Å². The second-order valence-corrected chi connectivity index (χ2v) is 7.54. The number of amides is 2. The first-order valence-corrected chi connectivity index (χ1v) is 8.48. The highest BCUT2D eigenvalue weighted by Crippen LogP contribution is 2.37. The van der Waals surface area contributed by atoms with Gasteiger partial charge in [-0.3, -0.25) is 19.7 Å². The van der Waals surface area contributed by atoms with Crippen LogP contribution in [0.5, 0.6) is 0 Å². The van der Waals surface area contributed by atoms with Crippen LogP contribution in [0, 0.1) is 17.0 Å². The van der Waals surface area contributed by atoms with Crippen LogP contribution in [0.2, 0.25) is 0 Å². The molecule has 1 aromatic carbocycles. The third kappa shape index (κ3) is 2.17. The van der Waals surface area contributed by atoms with Gasteiger partial charge < -0.3 is 10.2 Å². The van der Waals surface area contributed by atoms with E-state index in [2.05, 4.69) is 5.32 Å². The van der Waals surface area contributed by atoms with E-state index in [1.807, 2.05) is 6.92 Å². The molecule has 2 aromatic rings. The first-order valence-electron chi connectivity index (χ1n) is 7.66. The van der Waals surface area contributed by atoms with Gasteiger partial charge in [0.2, 0.25) is 5.91 Å². The molecule has 2 amide bonds. The van der Waals surface area contributed by atoms with Crippen molar-refractivity contribution in [3.05, 3.63) is 38.8 Å². The largest absolute Gasteiger partial charge is 0.347 e. The Balaban J connectivity index is 1.60. The molecule has 8 heteroatoms. The average Bonchev–Trinajstić information content (AvgIpc) is 3.06. The average molecular weight is 345 g/mol. The van der Waals surface area contributed by atoms with E-state index >= 15 is 0 Å². The fraction of sp³-hybridized carbons (Fsp3) is 0.375. The van der Waals surface area contributed by atoms with E-state index in [9.17, 15) is 19.7 Å². The Morgan fingerprint density at radius 1 is 1.42 bits per heavy atom. The summed E-state index contributed by atoms with van der Waals surface area (Å²) in [6.45, 7) is 2.89. The van der Waals surface area contributed by atoms with Crippen molar-refractivity contribution in [1.82, 2.24) is 10.2 Å². The summed E-state index contributed by atoms with van der Waals surface area (Å²) < 4.78 is 0.867. The maximum Gasteiger partial charge on any atom is 0.270 e. The van der Waals surface area contributed by atoms with Crippen molar-refractivity contribution < 1.29 is 14.5 Å². The van der Waals surface area contributed by atoms with Crippen LogP contribution in [0.3, 0.4) is 0 Å². The van der Waals surface area contributed by atoms with Crippen molar-refractivity contribution in [2.24, 2.45) is 0 Å². The van der Waals surface area contributed by atoms with E-state index in [0.717, 1.165) is 22.1 Å². The summed E-state index contributed by atoms with van der Waals surface area (Å²) in [4.78, 5) is 37.0. The van der Waals surface area contributed by atoms with Gasteiger partial charge in [-0.05, 0) is 25.0 Å². The van der Waals surface area contributed by atoms with Crippen molar-refractivity contribution in [2.75, 3.05) is 13.1 Å². The molecule has 1 N–H and O–H groups in total. The van der Waals surface area contributed by atoms with Gasteiger partial charge in [-0.1, -0.05) is 0 Å². The molecule has 2 aliphatic heterocycles. The number of fused-ring (bicyclic) bond motifs is 1. The third-order valence-electron chi connectivity index (χ3n) is 4.83. The zero-order valence-electron chi connectivity index (χ0n) is 13.0. The van der Waals surface area contributed by atoms with Crippen LogP contribution in [0.25, 0.3) is 10.1 Å². The molecular formula is C16H15N3O4S. The Bertz CT molecular complexity index is 898. The SMILES string of the molecule is Cc1c(C(=O)N2CC3(CCC(=O)N3)C2)sc2ccc([N+](=O)[O-])cc12. The molecule has 4 rings (SSSR count). The second kappa shape index (κ2) is 5.01. The molecule has 2 aliphatic rings. The number of rotatable bonds is 2. The molecule has 1 spiro atoms. The highest BCUT2D eigenvalue weighted by atomic mass is 32.1. The quantitative estimate of drug-likeness (QED) is 0.667. The lowest BCUT2D eigenvalue weighted by atomic mass is 9.88. The lowest BCUT2D eigenvalue weighted by molar-refractivity contribution is -0.384. The minimum absolute atomic E-state index is 0.0268. The minimum atomic E-state index is -0.431. The topological polar surface area (TPSA) is 92.6 Å². The fourth-order valence-electron chi connectivity index (χ4n) is 3.51. The predicted molar refractivity (Wildman–Crippen MR) is 89.2 cm³/mol. The van der Waals surface area contributed by atoms with Gasteiger partial charge in [-0.15, -0.1) is 11.3 Å². The van der Waals surface area contributed by atoms with Crippen molar-refractivity contribution in [1.29, 1.82) is 0 Å². The van der Waals surface area contributed by atoms with Crippen LogP contribution < -0.4 is 5.32 Å². The van der Waals surface area contributed by atoms with Gasteiger partial charge in [-0.2, -0.15) is 0 Å². The first-order chi connectivity index (χ1) is 11.4. The zero-order valence-corrected chi connectivity index (χ0v) is 13.8. The molecule has 0 atom stereocenters. The molecule has 3 heterocycles. The third-order valence-corrected chi connectivity index (χ3v) is 6.10. The molecule has 24 heavy (non-hydrogen) atoms. The van der Waals surface area contributed by atoms with Crippen molar-refractivity contribution in [3.8, 4) is 0 Å². The molecule has 0 unspecified atom stereocenters. The van der Waals surface area contributed by atoms with Crippen LogP contribution in [-0.2, 0) is 4.79 Å². The van der Waals surface area contributed by atoms with E-state index in [1.165, 1.54) is 23.5 Å². The van der Waals surface area contributed by atoms with Gasteiger partial charge in [0.05, 0.1) is 15.3 Å². The summed E-state index contributed by atoms with van der Waals surface area (Å²) in [6.07, 6.45) is 1.29. The minimum Gasteiger partial charge on any atom is -0.347 e. The smallest absolute Gasteiger partial charge is 0.270 e. The number of nitrogens with zero attached hydrogens (tertiary/aromatic N) is 2. The molecule has 0 radical (unpaired) electrons. The number of hydrogen-bond acceptors (Lipinski definition) is 5. The molecule has 1 aromatic heterocycles. The van der Waals surface area contributed by atoms with E-state index in [1.54, 1.807) is 11.0 Å². The van der Waals surface area contributed by atoms with Crippen LogP contribution in [0.4, 0.5) is 5.69 Å². The molecule has 0 saturated carbocycles. The number of likely N-dealkylation sites (tertiary alicyclic amines) is 1. The summed E-state index contributed by atoms with van der Waals surface area (Å²) in [5.41, 5.74) is 0.565. The number of carbonyl (C=O) groups is 2. The van der Waals surface area contributed by atoms with Crippen LogP contribution >= 0.6 is 11.3 Å². The summed E-state index contributed by atoms with van der Waals surface area (Å²) in [5.74, 6) is -0.0180. The first kappa shape index (κ1) is 15.1. The number of hydrogen-bond donors (Lipinski definition) is 1. The van der Waals surface area contributed by atoms with E-state index in [0.29, 0.717) is 24.4 Å². The van der Waals surface area contributed by atoms with Crippen LogP contribution in [-0.4, -0.2) is 40.3 Å². The number of benzene rings is 1. The Morgan fingerprint density at radius 2 is 2.17 bits per heavy atom. The summed E-state index contributed by atoms with van der Waals surface area (Å²) in [7, 11) is 0. The Labute approximate surface area is 141 Å². The van der Waals surface area contributed by atoms with Gasteiger partial charge in [0, 0.05) is 41.7 Å². The fourth-order valence-corrected chi connectivity index (χ4v) is 4.67. The van der Waals surface area contributed by atoms with Gasteiger partial charge in [0.15, 0.2) is 0 Å². The molecular weight excluding hydrogens is 330 g/mol. The highest BCUT2D eigenvalue weighted by Gasteiger charge is 2.49. The molecule has 7 nitrogen and oxygen atoms in total. The van der Waals surface area contributed by atoms with Gasteiger partial charge in [-0.25, -0.2) is 0 Å². The highest BCUT2D eigenvalue weighted by molar-refractivity contribution is 7.21. The normalized spacial score (nSPS) is 18.7. The summed E-state index contributed by atoms with van der Waals surface area (Å²) in [6, 6.07) is 4.67. The number of nitro groups is 1. The number of aryl methyl sites for hydroxylation is 1. The lowest BCUT2D eigenvalue weighted by Crippen LogP contribution is -2.68. The van der Waals surface area contributed by atoms with Crippen LogP contribution in [0.15, 0.2) is 18.2 Å². The molecule has 124 valence electrons. The molecule has 0 aliphatic carbocycles. The Morgan fingerprint density at radius 3 is 2.79 bits per heavy atom. The van der Waals surface area contributed by atoms with Crippen molar-refractivity contribution in [2.45, 2.75) is 25.3 Å². The maximum atomic E-state index is 12.7. The number of nitrogens with one attached hydrogen (secondary N) is 1. The predicted octanol–water partition coefficient (Wildman–Crippen LogP) is 2.22. The van der Waals surface area contributed by atoms with Gasteiger partial charge in [0.25, 0.3) is 11.6 Å². The molecule has 2 fully saturated rings. The van der Waals surface area contributed by atoms with Gasteiger partial charge >= 0.3 is 0 Å². The summed E-state index contributed by atoms with van der Waals surface area (Å²) in [5, 5.41) is 14.6. The van der Waals surface area contributed by atoms with E-state index < -0.39 is 4.92 Å². The summed E-state index contributed by atoms with van der Waals surface area (Å²) >= 11 is 1.36. The van der Waals surface area contributed by atoms with Crippen molar-refractivity contribution >= 4 is 38.9 Å². The van der Waals surface area contributed by atoms with Crippen LogP contribution in [0.1, 0.15) is 28.1 Å². The molecule has 2 saturated heterocycles. The standard InChI is InChI=1S/C16H15N3O4S/c1-9-11-6-10(19(22)23)2-3-12(11)24-14(9)15(21)18-7-16(8-18)5-4-13(20)17-16/h2-3,6H,4-5,7-8H2,1H3,(H,17,20). The number of thiophene rings is 1. The Hall–Kier alpha value is -2.48. The lowest BCUT2D eigenvalue weighted by Gasteiger charge is -2.47. The second-order valence-electron chi connectivity index (χ2n) is 6.48. The van der Waals surface area contributed by atoms with E-state index in [4.69, 9.17) is 0 Å². The maximum absolute atomic E-state index is 12.7. The zero-order chi connectivity index (χ0) is 17.1. The van der Waals surface area contributed by atoms with Gasteiger partial charge in [0.1, 0.15) is 0 Å².